The highest BCUT2D eigenvalue weighted by atomic mass is 19.4. The van der Waals surface area contributed by atoms with Gasteiger partial charge in [-0.3, -0.25) is 4.79 Å². The molecule has 25 heavy (non-hydrogen) atoms. The molecule has 134 valence electrons. The Labute approximate surface area is 143 Å². The minimum Gasteiger partial charge on any atom is -0.329 e. The molecule has 1 amide bonds. The zero-order valence-corrected chi connectivity index (χ0v) is 14.2. The van der Waals surface area contributed by atoms with Crippen LogP contribution in [0.15, 0.2) is 24.3 Å². The third-order valence-corrected chi connectivity index (χ3v) is 4.29. The van der Waals surface area contributed by atoms with Gasteiger partial charge in [-0.2, -0.15) is 13.2 Å². The molecule has 2 aromatic rings. The molecule has 1 aromatic carbocycles. The Balaban J connectivity index is 1.87. The standard InChI is InChI=1S/C17H19F3N4O/c1-10(2)15-22-21-14-9-23(8-11(3)24(14)15)16(25)12-5-4-6-13(7-12)17(18,19)20/h4-7,10-11H,8-9H2,1-3H3/t11-/m0/s1. The lowest BCUT2D eigenvalue weighted by atomic mass is 10.1. The number of halogens is 3. The van der Waals surface area contributed by atoms with Crippen molar-refractivity contribution < 1.29 is 18.0 Å². The number of aromatic nitrogens is 3. The maximum atomic E-state index is 12.9. The van der Waals surface area contributed by atoms with Crippen molar-refractivity contribution in [1.82, 2.24) is 19.7 Å². The van der Waals surface area contributed by atoms with Crippen LogP contribution < -0.4 is 0 Å². The van der Waals surface area contributed by atoms with E-state index in [9.17, 15) is 18.0 Å². The van der Waals surface area contributed by atoms with Gasteiger partial charge >= 0.3 is 6.18 Å². The predicted molar refractivity (Wildman–Crippen MR) is 85.0 cm³/mol. The van der Waals surface area contributed by atoms with Crippen LogP contribution in [0.4, 0.5) is 13.2 Å². The normalized spacial score (nSPS) is 17.7. The van der Waals surface area contributed by atoms with E-state index < -0.39 is 17.6 Å². The SMILES string of the molecule is CC(C)c1nnc2n1[C@@H](C)CN(C(=O)c1cccc(C(F)(F)F)c1)C2. The molecule has 0 radical (unpaired) electrons. The summed E-state index contributed by atoms with van der Waals surface area (Å²) in [7, 11) is 0. The summed E-state index contributed by atoms with van der Waals surface area (Å²) < 4.78 is 40.6. The number of alkyl halides is 3. The molecule has 0 N–H and O–H groups in total. The average Bonchev–Trinajstić information content (AvgIpc) is 2.98. The summed E-state index contributed by atoms with van der Waals surface area (Å²) in [5, 5.41) is 8.34. The maximum Gasteiger partial charge on any atom is 0.416 e. The predicted octanol–water partition coefficient (Wildman–Crippen LogP) is 3.64. The number of carbonyl (C=O) groups excluding carboxylic acids is 1. The number of fused-ring (bicyclic) bond motifs is 1. The Morgan fingerprint density at radius 3 is 2.64 bits per heavy atom. The Bertz CT molecular complexity index is 797. The molecule has 0 unspecified atom stereocenters. The molecule has 0 spiro atoms. The molecule has 5 nitrogen and oxygen atoms in total. The summed E-state index contributed by atoms with van der Waals surface area (Å²) in [6.07, 6.45) is -4.47. The van der Waals surface area contributed by atoms with Crippen LogP contribution in [0.3, 0.4) is 0 Å². The fourth-order valence-corrected chi connectivity index (χ4v) is 3.12. The highest BCUT2D eigenvalue weighted by Crippen LogP contribution is 2.31. The van der Waals surface area contributed by atoms with Gasteiger partial charge in [-0.1, -0.05) is 19.9 Å². The Morgan fingerprint density at radius 2 is 2.00 bits per heavy atom. The summed E-state index contributed by atoms with van der Waals surface area (Å²) in [6.45, 7) is 6.62. The Morgan fingerprint density at radius 1 is 1.28 bits per heavy atom. The van der Waals surface area contributed by atoms with Crippen molar-refractivity contribution in [3.63, 3.8) is 0 Å². The molecule has 1 atom stereocenters. The minimum absolute atomic E-state index is 0.0269. The van der Waals surface area contributed by atoms with Crippen molar-refractivity contribution in [3.8, 4) is 0 Å². The molecular weight excluding hydrogens is 333 g/mol. The molecule has 8 heteroatoms. The lowest BCUT2D eigenvalue weighted by molar-refractivity contribution is -0.137. The number of rotatable bonds is 2. The Hall–Kier alpha value is -2.38. The summed E-state index contributed by atoms with van der Waals surface area (Å²) in [6, 6.07) is 4.47. The second kappa shape index (κ2) is 6.16. The van der Waals surface area contributed by atoms with Gasteiger partial charge < -0.3 is 9.47 Å². The van der Waals surface area contributed by atoms with Crippen LogP contribution in [0, 0.1) is 0 Å². The van der Waals surface area contributed by atoms with Gasteiger partial charge in [-0.15, -0.1) is 10.2 Å². The molecule has 1 aliphatic rings. The van der Waals surface area contributed by atoms with Crippen LogP contribution in [-0.4, -0.2) is 32.1 Å². The van der Waals surface area contributed by atoms with Gasteiger partial charge in [0.05, 0.1) is 18.2 Å². The van der Waals surface area contributed by atoms with E-state index in [2.05, 4.69) is 10.2 Å². The van der Waals surface area contributed by atoms with Crippen LogP contribution in [0.1, 0.15) is 60.3 Å². The molecule has 1 aliphatic heterocycles. The van der Waals surface area contributed by atoms with Gasteiger partial charge in [0.1, 0.15) is 5.82 Å². The zero-order valence-electron chi connectivity index (χ0n) is 14.2. The van der Waals surface area contributed by atoms with Gasteiger partial charge in [0.2, 0.25) is 0 Å². The van der Waals surface area contributed by atoms with Crippen molar-refractivity contribution in [2.45, 2.75) is 45.5 Å². The smallest absolute Gasteiger partial charge is 0.329 e. The number of nitrogens with zero attached hydrogens (tertiary/aromatic N) is 4. The van der Waals surface area contributed by atoms with Gasteiger partial charge in [0.15, 0.2) is 5.82 Å². The topological polar surface area (TPSA) is 51.0 Å². The van der Waals surface area contributed by atoms with Crippen LogP contribution in [0.25, 0.3) is 0 Å². The zero-order chi connectivity index (χ0) is 18.4. The van der Waals surface area contributed by atoms with Crippen LogP contribution in [0.5, 0.6) is 0 Å². The van der Waals surface area contributed by atoms with Crippen molar-refractivity contribution in [1.29, 1.82) is 0 Å². The molecule has 0 saturated carbocycles. The molecule has 2 heterocycles. The van der Waals surface area contributed by atoms with Crippen molar-refractivity contribution in [2.24, 2.45) is 0 Å². The summed E-state index contributed by atoms with van der Waals surface area (Å²) in [5.41, 5.74) is -0.798. The van der Waals surface area contributed by atoms with Gasteiger partial charge in [0, 0.05) is 18.0 Å². The maximum absolute atomic E-state index is 12.9. The summed E-state index contributed by atoms with van der Waals surface area (Å²) >= 11 is 0. The van der Waals surface area contributed by atoms with Crippen molar-refractivity contribution >= 4 is 5.91 Å². The first-order chi connectivity index (χ1) is 11.7. The molecule has 0 bridgehead atoms. The van der Waals surface area contributed by atoms with Crippen LogP contribution in [0.2, 0.25) is 0 Å². The van der Waals surface area contributed by atoms with E-state index in [-0.39, 0.29) is 24.1 Å². The van der Waals surface area contributed by atoms with E-state index in [0.717, 1.165) is 18.0 Å². The fraction of sp³-hybridized carbons (Fsp3) is 0.471. The minimum atomic E-state index is -4.47. The number of hydrogen-bond donors (Lipinski definition) is 0. The van der Waals surface area contributed by atoms with Crippen LogP contribution in [-0.2, 0) is 12.7 Å². The Kier molecular flexibility index (Phi) is 4.30. The van der Waals surface area contributed by atoms with E-state index in [4.69, 9.17) is 0 Å². The van der Waals surface area contributed by atoms with Crippen molar-refractivity contribution in [2.75, 3.05) is 6.54 Å². The highest BCUT2D eigenvalue weighted by molar-refractivity contribution is 5.94. The average molecular weight is 352 g/mol. The second-order valence-corrected chi connectivity index (χ2v) is 6.61. The van der Waals surface area contributed by atoms with E-state index in [1.165, 1.54) is 17.0 Å². The first kappa shape index (κ1) is 17.4. The number of hydrogen-bond acceptors (Lipinski definition) is 3. The fourth-order valence-electron chi connectivity index (χ4n) is 3.12. The quantitative estimate of drug-likeness (QED) is 0.829. The van der Waals surface area contributed by atoms with Gasteiger partial charge in [-0.25, -0.2) is 0 Å². The molecule has 0 aliphatic carbocycles. The van der Waals surface area contributed by atoms with E-state index in [0.29, 0.717) is 12.4 Å². The molecule has 1 aromatic heterocycles. The second-order valence-electron chi connectivity index (χ2n) is 6.61. The first-order valence-electron chi connectivity index (χ1n) is 8.08. The first-order valence-corrected chi connectivity index (χ1v) is 8.08. The molecular formula is C17H19F3N4O. The van der Waals surface area contributed by atoms with Crippen molar-refractivity contribution in [3.05, 3.63) is 47.0 Å². The third kappa shape index (κ3) is 3.25. The number of amides is 1. The van der Waals surface area contributed by atoms with Gasteiger partial charge in [0.25, 0.3) is 5.91 Å². The van der Waals surface area contributed by atoms with Gasteiger partial charge in [-0.05, 0) is 25.1 Å². The number of benzene rings is 1. The van der Waals surface area contributed by atoms with E-state index in [1.807, 2.05) is 25.3 Å². The third-order valence-electron chi connectivity index (χ3n) is 4.29. The largest absolute Gasteiger partial charge is 0.416 e. The molecule has 3 rings (SSSR count). The van der Waals surface area contributed by atoms with E-state index >= 15 is 0 Å². The highest BCUT2D eigenvalue weighted by Gasteiger charge is 2.33. The molecule has 0 saturated heterocycles. The summed E-state index contributed by atoms with van der Waals surface area (Å²) in [5.74, 6) is 1.28. The summed E-state index contributed by atoms with van der Waals surface area (Å²) in [4.78, 5) is 14.2. The van der Waals surface area contributed by atoms with E-state index in [1.54, 1.807) is 0 Å². The molecule has 0 fully saturated rings. The number of carbonyl (C=O) groups is 1. The lowest BCUT2D eigenvalue weighted by Crippen LogP contribution is -2.41. The lowest BCUT2D eigenvalue weighted by Gasteiger charge is -2.33. The van der Waals surface area contributed by atoms with Crippen LogP contribution >= 0.6 is 0 Å². The monoisotopic (exact) mass is 352 g/mol.